The van der Waals surface area contributed by atoms with E-state index in [1.165, 1.54) is 37.5 Å². The zero-order valence-corrected chi connectivity index (χ0v) is 20.2. The molecule has 0 aliphatic heterocycles. The van der Waals surface area contributed by atoms with E-state index in [1.54, 1.807) is 6.20 Å². The van der Waals surface area contributed by atoms with Crippen molar-refractivity contribution in [1.82, 2.24) is 9.97 Å². The number of halogens is 2. The third-order valence-electron chi connectivity index (χ3n) is 6.38. The van der Waals surface area contributed by atoms with E-state index in [1.807, 2.05) is 4.90 Å². The van der Waals surface area contributed by atoms with E-state index >= 15 is 0 Å². The van der Waals surface area contributed by atoms with Crippen LogP contribution in [0, 0.1) is 24.1 Å². The van der Waals surface area contributed by atoms with E-state index in [9.17, 15) is 8.78 Å². The molecular weight excluding hydrogens is 434 g/mol. The number of para-hydroxylation sites is 1. The molecular formula is C26H36F2N6. The Bertz CT molecular complexity index is 935. The van der Waals surface area contributed by atoms with Gasteiger partial charge in [0.25, 0.3) is 0 Å². The molecule has 0 amide bonds. The summed E-state index contributed by atoms with van der Waals surface area (Å²) in [7, 11) is 0. The van der Waals surface area contributed by atoms with E-state index in [0.29, 0.717) is 23.5 Å². The molecule has 1 unspecified atom stereocenters. The lowest BCUT2D eigenvalue weighted by Gasteiger charge is -2.34. The highest BCUT2D eigenvalue weighted by atomic mass is 19.1. The second-order valence-electron chi connectivity index (χ2n) is 8.79. The number of unbranched alkanes of at least 4 members (excludes halogenated alkanes) is 1. The van der Waals surface area contributed by atoms with Crippen molar-refractivity contribution in [3.05, 3.63) is 36.0 Å². The number of hydrogen-bond acceptors (Lipinski definition) is 6. The molecule has 0 bridgehead atoms. The second-order valence-corrected chi connectivity index (χ2v) is 8.79. The third kappa shape index (κ3) is 6.72. The summed E-state index contributed by atoms with van der Waals surface area (Å²) in [5, 5.41) is 9.33. The first kappa shape index (κ1) is 25.5. The summed E-state index contributed by atoms with van der Waals surface area (Å²) in [6, 6.07) is 6.73. The summed E-state index contributed by atoms with van der Waals surface area (Å²) in [6.45, 7) is 4.42. The van der Waals surface area contributed by atoms with Gasteiger partial charge in [-0.15, -0.1) is 0 Å². The van der Waals surface area contributed by atoms with Gasteiger partial charge in [-0.25, -0.2) is 13.8 Å². The van der Waals surface area contributed by atoms with Crippen LogP contribution in [0.2, 0.25) is 0 Å². The van der Waals surface area contributed by atoms with Crippen LogP contribution in [0.4, 0.5) is 31.9 Å². The second kappa shape index (κ2) is 13.0. The maximum Gasteiger partial charge on any atom is 0.224 e. The molecule has 34 heavy (non-hydrogen) atoms. The van der Waals surface area contributed by atoms with Gasteiger partial charge in [-0.3, -0.25) is 0 Å². The number of nitrogens with zero attached hydrogens (tertiary/aromatic N) is 3. The van der Waals surface area contributed by atoms with Crippen LogP contribution in [-0.2, 0) is 0 Å². The summed E-state index contributed by atoms with van der Waals surface area (Å²) < 4.78 is 28.6. The molecule has 1 aromatic heterocycles. The van der Waals surface area contributed by atoms with Crippen molar-refractivity contribution >= 4 is 23.1 Å². The van der Waals surface area contributed by atoms with Gasteiger partial charge in [-0.2, -0.15) is 4.98 Å². The fraction of sp³-hybridized carbons (Fsp3) is 0.538. The highest BCUT2D eigenvalue weighted by Crippen LogP contribution is 2.30. The minimum Gasteiger partial charge on any atom is -0.363 e. The average Bonchev–Trinajstić information content (AvgIpc) is 2.84. The van der Waals surface area contributed by atoms with Crippen LogP contribution in [-0.4, -0.2) is 28.7 Å². The number of hydrogen-bond donors (Lipinski definition) is 3. The van der Waals surface area contributed by atoms with Gasteiger partial charge < -0.3 is 20.9 Å². The van der Waals surface area contributed by atoms with Gasteiger partial charge in [0.15, 0.2) is 5.82 Å². The minimum absolute atomic E-state index is 0.0954. The Morgan fingerprint density at radius 2 is 1.91 bits per heavy atom. The first-order chi connectivity index (χ1) is 16.6. The SMILES string of the molecule is C#CNc1cnc(NC2CCCCC2)nc1N(CNc1c(F)cccc1F)C(CC)CCCC. The van der Waals surface area contributed by atoms with E-state index in [0.717, 1.165) is 38.5 Å². The lowest BCUT2D eigenvalue weighted by molar-refractivity contribution is 0.460. The fourth-order valence-corrected chi connectivity index (χ4v) is 4.48. The Balaban J connectivity index is 1.94. The largest absolute Gasteiger partial charge is 0.363 e. The molecule has 0 radical (unpaired) electrons. The molecule has 0 spiro atoms. The number of aromatic nitrogens is 2. The summed E-state index contributed by atoms with van der Waals surface area (Å²) >= 11 is 0. The van der Waals surface area contributed by atoms with Crippen molar-refractivity contribution in [2.24, 2.45) is 0 Å². The monoisotopic (exact) mass is 470 g/mol. The molecule has 8 heteroatoms. The molecule has 1 atom stereocenters. The highest BCUT2D eigenvalue weighted by molar-refractivity contribution is 5.69. The summed E-state index contributed by atoms with van der Waals surface area (Å²) in [5.41, 5.74) is 0.432. The van der Waals surface area contributed by atoms with Gasteiger partial charge in [-0.1, -0.05) is 58.4 Å². The zero-order chi connectivity index (χ0) is 24.3. The Morgan fingerprint density at radius 1 is 1.18 bits per heavy atom. The first-order valence-corrected chi connectivity index (χ1v) is 12.4. The van der Waals surface area contributed by atoms with Crippen LogP contribution in [0.25, 0.3) is 0 Å². The van der Waals surface area contributed by atoms with Crippen LogP contribution >= 0.6 is 0 Å². The number of rotatable bonds is 12. The summed E-state index contributed by atoms with van der Waals surface area (Å²) in [5.74, 6) is -0.118. The Labute approximate surface area is 202 Å². The van der Waals surface area contributed by atoms with Gasteiger partial charge in [0.05, 0.1) is 12.9 Å². The van der Waals surface area contributed by atoms with Crippen molar-refractivity contribution in [1.29, 1.82) is 0 Å². The van der Waals surface area contributed by atoms with Gasteiger partial charge >= 0.3 is 0 Å². The molecule has 3 rings (SSSR count). The lowest BCUT2D eigenvalue weighted by Crippen LogP contribution is -2.40. The van der Waals surface area contributed by atoms with Crippen LogP contribution in [0.1, 0.15) is 71.6 Å². The molecule has 6 nitrogen and oxygen atoms in total. The van der Waals surface area contributed by atoms with Crippen LogP contribution in [0.5, 0.6) is 0 Å². The molecule has 1 aliphatic rings. The molecule has 184 valence electrons. The maximum absolute atomic E-state index is 14.3. The van der Waals surface area contributed by atoms with Crippen molar-refractivity contribution in [2.45, 2.75) is 83.7 Å². The van der Waals surface area contributed by atoms with Gasteiger partial charge in [0.1, 0.15) is 23.0 Å². The Kier molecular flexibility index (Phi) is 9.75. The van der Waals surface area contributed by atoms with Crippen molar-refractivity contribution in [2.75, 3.05) is 27.5 Å². The molecule has 1 fully saturated rings. The van der Waals surface area contributed by atoms with Gasteiger partial charge in [-0.05, 0) is 37.8 Å². The standard InChI is InChI=1S/C26H36F2N6/c1-4-7-14-20(5-2)34(18-31-24-21(27)15-11-16-22(24)28)25-23(29-6-3)17-30-26(33-25)32-19-12-9-8-10-13-19/h3,11,15-17,19-20,29,31H,4-5,7-10,12-14,18H2,1-2H3,(H,30,32,33). The van der Waals surface area contributed by atoms with Gasteiger partial charge in [0.2, 0.25) is 5.95 Å². The Morgan fingerprint density at radius 3 is 2.56 bits per heavy atom. The molecule has 3 N–H and O–H groups in total. The maximum atomic E-state index is 14.3. The predicted octanol–water partition coefficient (Wildman–Crippen LogP) is 6.35. The van der Waals surface area contributed by atoms with Crippen LogP contribution < -0.4 is 20.9 Å². The smallest absolute Gasteiger partial charge is 0.224 e. The molecule has 1 aliphatic carbocycles. The summed E-state index contributed by atoms with van der Waals surface area (Å²) in [6.07, 6.45) is 16.9. The third-order valence-corrected chi connectivity index (χ3v) is 6.38. The first-order valence-electron chi connectivity index (χ1n) is 12.4. The topological polar surface area (TPSA) is 65.1 Å². The van der Waals surface area contributed by atoms with Crippen molar-refractivity contribution in [3.63, 3.8) is 0 Å². The van der Waals surface area contributed by atoms with Crippen LogP contribution in [0.15, 0.2) is 24.4 Å². The number of benzene rings is 1. The number of terminal acetylenes is 1. The van der Waals surface area contributed by atoms with Crippen LogP contribution in [0.3, 0.4) is 0 Å². The predicted molar refractivity (Wildman–Crippen MR) is 136 cm³/mol. The average molecular weight is 471 g/mol. The lowest BCUT2D eigenvalue weighted by atomic mass is 9.96. The molecule has 2 aromatic rings. The zero-order valence-electron chi connectivity index (χ0n) is 20.2. The molecule has 1 heterocycles. The van der Waals surface area contributed by atoms with E-state index in [4.69, 9.17) is 11.4 Å². The minimum atomic E-state index is -0.633. The van der Waals surface area contributed by atoms with E-state index in [2.05, 4.69) is 40.8 Å². The summed E-state index contributed by atoms with van der Waals surface area (Å²) in [4.78, 5) is 11.4. The molecule has 1 aromatic carbocycles. The van der Waals surface area contributed by atoms with E-state index < -0.39 is 11.6 Å². The molecule has 0 saturated heterocycles. The van der Waals surface area contributed by atoms with Crippen molar-refractivity contribution in [3.8, 4) is 12.5 Å². The molecule has 1 saturated carbocycles. The van der Waals surface area contributed by atoms with E-state index in [-0.39, 0.29) is 18.4 Å². The normalized spacial score (nSPS) is 14.8. The van der Waals surface area contributed by atoms with Gasteiger partial charge in [0, 0.05) is 18.1 Å². The number of anilines is 4. The Hall–Kier alpha value is -3.08. The van der Waals surface area contributed by atoms with Crippen molar-refractivity contribution < 1.29 is 8.78 Å². The fourth-order valence-electron chi connectivity index (χ4n) is 4.48. The quantitative estimate of drug-likeness (QED) is 0.191. The number of nitrogens with one attached hydrogen (secondary N) is 3. The highest BCUT2D eigenvalue weighted by Gasteiger charge is 2.24.